The van der Waals surface area contributed by atoms with Crippen LogP contribution in [-0.2, 0) is 13.6 Å². The number of rotatable bonds is 6. The van der Waals surface area contributed by atoms with Crippen molar-refractivity contribution in [1.82, 2.24) is 0 Å². The minimum atomic E-state index is -3.20. The lowest BCUT2D eigenvalue weighted by molar-refractivity contribution is 0.230. The van der Waals surface area contributed by atoms with E-state index in [9.17, 15) is 4.57 Å². The first-order valence-corrected chi connectivity index (χ1v) is 6.83. The molecule has 0 saturated carbocycles. The molecule has 0 fully saturated rings. The summed E-state index contributed by atoms with van der Waals surface area (Å²) in [4.78, 5) is 0. The van der Waals surface area contributed by atoms with Crippen LogP contribution >= 0.6 is 7.60 Å². The molecule has 0 heterocycles. The highest BCUT2D eigenvalue weighted by Crippen LogP contribution is 2.47. The van der Waals surface area contributed by atoms with Crippen molar-refractivity contribution < 1.29 is 13.6 Å². The topological polar surface area (TPSA) is 35.5 Å². The Morgan fingerprint density at radius 2 is 1.81 bits per heavy atom. The van der Waals surface area contributed by atoms with Crippen molar-refractivity contribution in [3.8, 4) is 0 Å². The van der Waals surface area contributed by atoms with E-state index < -0.39 is 7.60 Å². The van der Waals surface area contributed by atoms with Gasteiger partial charge in [0.1, 0.15) is 0 Å². The summed E-state index contributed by atoms with van der Waals surface area (Å²) in [5.74, 6) is 0. The maximum Gasteiger partial charge on any atom is 0.361 e. The predicted octanol–water partition coefficient (Wildman–Crippen LogP) is 3.22. The Bertz CT molecular complexity index is 391. The second kappa shape index (κ2) is 6.00. The van der Waals surface area contributed by atoms with E-state index in [0.29, 0.717) is 18.5 Å². The molecular formula is C12H17O3P. The molecule has 0 atom stereocenters. The zero-order valence-corrected chi connectivity index (χ0v) is 10.6. The van der Waals surface area contributed by atoms with E-state index in [2.05, 4.69) is 6.58 Å². The van der Waals surface area contributed by atoms with Gasteiger partial charge in [-0.1, -0.05) is 30.9 Å². The lowest BCUT2D eigenvalue weighted by Crippen LogP contribution is -2.13. The standard InChI is InChI=1S/C12H17O3P/c1-4-11-9-7-8-10-12(11)16(13,14-5-2)15-6-3/h4,7-10H,1,5-6H2,2-3H3. The molecule has 1 rings (SSSR count). The smallest absolute Gasteiger partial charge is 0.305 e. The van der Waals surface area contributed by atoms with Gasteiger partial charge in [-0.3, -0.25) is 4.57 Å². The summed E-state index contributed by atoms with van der Waals surface area (Å²) in [6, 6.07) is 7.27. The van der Waals surface area contributed by atoms with E-state index in [1.165, 1.54) is 0 Å². The molecule has 1 aromatic carbocycles. The molecule has 3 nitrogen and oxygen atoms in total. The van der Waals surface area contributed by atoms with Crippen molar-refractivity contribution in [3.63, 3.8) is 0 Å². The summed E-state index contributed by atoms with van der Waals surface area (Å²) in [7, 11) is -3.20. The van der Waals surface area contributed by atoms with Gasteiger partial charge in [-0.2, -0.15) is 0 Å². The van der Waals surface area contributed by atoms with Crippen LogP contribution in [0.2, 0.25) is 0 Å². The van der Waals surface area contributed by atoms with Gasteiger partial charge < -0.3 is 9.05 Å². The quantitative estimate of drug-likeness (QED) is 0.716. The average molecular weight is 240 g/mol. The second-order valence-corrected chi connectivity index (χ2v) is 5.09. The molecule has 0 aliphatic heterocycles. The largest absolute Gasteiger partial charge is 0.361 e. The van der Waals surface area contributed by atoms with Crippen molar-refractivity contribution in [3.05, 3.63) is 36.4 Å². The summed E-state index contributed by atoms with van der Waals surface area (Å²) in [6.07, 6.45) is 1.65. The van der Waals surface area contributed by atoms with E-state index in [0.717, 1.165) is 5.56 Å². The summed E-state index contributed by atoms with van der Waals surface area (Å²) in [5, 5.41) is 0.578. The van der Waals surface area contributed by atoms with Gasteiger partial charge in [0.2, 0.25) is 0 Å². The van der Waals surface area contributed by atoms with Crippen molar-refractivity contribution in [2.24, 2.45) is 0 Å². The van der Waals surface area contributed by atoms with E-state index in [1.54, 1.807) is 26.0 Å². The Morgan fingerprint density at radius 3 is 2.31 bits per heavy atom. The molecule has 0 aliphatic rings. The third kappa shape index (κ3) is 2.82. The van der Waals surface area contributed by atoms with Gasteiger partial charge in [0.05, 0.1) is 18.5 Å². The first-order chi connectivity index (χ1) is 7.68. The van der Waals surface area contributed by atoms with Gasteiger partial charge in [-0.15, -0.1) is 0 Å². The van der Waals surface area contributed by atoms with Crippen LogP contribution in [-0.4, -0.2) is 13.2 Å². The molecule has 0 aliphatic carbocycles. The van der Waals surface area contributed by atoms with E-state index in [4.69, 9.17) is 9.05 Å². The van der Waals surface area contributed by atoms with E-state index in [-0.39, 0.29) is 0 Å². The number of benzene rings is 1. The Labute approximate surface area is 96.6 Å². The molecule has 0 radical (unpaired) electrons. The number of hydrogen-bond acceptors (Lipinski definition) is 3. The summed E-state index contributed by atoms with van der Waals surface area (Å²) in [6.45, 7) is 7.98. The fourth-order valence-corrected chi connectivity index (χ4v) is 3.21. The van der Waals surface area contributed by atoms with Crippen LogP contribution in [0.3, 0.4) is 0 Å². The highest BCUT2D eigenvalue weighted by molar-refractivity contribution is 7.62. The molecule has 0 N–H and O–H groups in total. The van der Waals surface area contributed by atoms with Crippen LogP contribution in [0.15, 0.2) is 30.8 Å². The van der Waals surface area contributed by atoms with Crippen LogP contribution in [0, 0.1) is 0 Å². The van der Waals surface area contributed by atoms with Gasteiger partial charge >= 0.3 is 7.60 Å². The highest BCUT2D eigenvalue weighted by atomic mass is 31.2. The molecule has 0 saturated heterocycles. The third-order valence-corrected chi connectivity index (χ3v) is 4.24. The molecule has 0 spiro atoms. The maximum atomic E-state index is 12.5. The molecular weight excluding hydrogens is 223 g/mol. The molecule has 1 aromatic rings. The molecule has 0 amide bonds. The van der Waals surface area contributed by atoms with Crippen molar-refractivity contribution in [2.45, 2.75) is 13.8 Å². The SMILES string of the molecule is C=Cc1ccccc1P(=O)(OCC)OCC. The molecule has 88 valence electrons. The van der Waals surface area contributed by atoms with Crippen LogP contribution in [0.5, 0.6) is 0 Å². The van der Waals surface area contributed by atoms with Gasteiger partial charge in [-0.05, 0) is 25.5 Å². The van der Waals surface area contributed by atoms with Gasteiger partial charge in [-0.25, -0.2) is 0 Å². The monoisotopic (exact) mass is 240 g/mol. The molecule has 0 bridgehead atoms. The second-order valence-electron chi connectivity index (χ2n) is 3.10. The van der Waals surface area contributed by atoms with E-state index in [1.807, 2.05) is 18.2 Å². The van der Waals surface area contributed by atoms with Crippen molar-refractivity contribution in [2.75, 3.05) is 13.2 Å². The first-order valence-electron chi connectivity index (χ1n) is 5.29. The fourth-order valence-electron chi connectivity index (χ4n) is 1.43. The number of hydrogen-bond donors (Lipinski definition) is 0. The lowest BCUT2D eigenvalue weighted by atomic mass is 10.2. The highest BCUT2D eigenvalue weighted by Gasteiger charge is 2.28. The minimum Gasteiger partial charge on any atom is -0.305 e. The Morgan fingerprint density at radius 1 is 1.25 bits per heavy atom. The molecule has 4 heteroatoms. The van der Waals surface area contributed by atoms with E-state index >= 15 is 0 Å². The maximum absolute atomic E-state index is 12.5. The molecule has 0 aromatic heterocycles. The van der Waals surface area contributed by atoms with Crippen molar-refractivity contribution >= 4 is 19.0 Å². The zero-order valence-electron chi connectivity index (χ0n) is 9.68. The average Bonchev–Trinajstić information content (AvgIpc) is 2.29. The van der Waals surface area contributed by atoms with Crippen molar-refractivity contribution in [1.29, 1.82) is 0 Å². The Balaban J connectivity index is 3.20. The minimum absolute atomic E-state index is 0.350. The van der Waals surface area contributed by atoms with Crippen LogP contribution in [0.4, 0.5) is 0 Å². The van der Waals surface area contributed by atoms with Crippen LogP contribution in [0.1, 0.15) is 19.4 Å². The normalized spacial score (nSPS) is 11.4. The summed E-state index contributed by atoms with van der Waals surface area (Å²) >= 11 is 0. The molecule has 16 heavy (non-hydrogen) atoms. The summed E-state index contributed by atoms with van der Waals surface area (Å²) in [5.41, 5.74) is 0.785. The van der Waals surface area contributed by atoms with Crippen LogP contribution in [0.25, 0.3) is 6.08 Å². The van der Waals surface area contributed by atoms with Gasteiger partial charge in [0, 0.05) is 0 Å². The fraction of sp³-hybridized carbons (Fsp3) is 0.333. The Hall–Kier alpha value is -0.890. The third-order valence-electron chi connectivity index (χ3n) is 2.05. The van der Waals surface area contributed by atoms with Gasteiger partial charge in [0.15, 0.2) is 0 Å². The lowest BCUT2D eigenvalue weighted by Gasteiger charge is -2.18. The predicted molar refractivity (Wildman–Crippen MR) is 67.0 cm³/mol. The van der Waals surface area contributed by atoms with Gasteiger partial charge in [0.25, 0.3) is 0 Å². The summed E-state index contributed by atoms with van der Waals surface area (Å²) < 4.78 is 23.1. The zero-order chi connectivity index (χ0) is 12.0. The molecule has 0 unspecified atom stereocenters. The first kappa shape index (κ1) is 13.2. The Kier molecular flexibility index (Phi) is 4.94. The van der Waals surface area contributed by atoms with Crippen LogP contribution < -0.4 is 5.30 Å².